The molecule has 0 radical (unpaired) electrons. The maximum atomic E-state index is 2.55. The molecule has 0 spiro atoms. The molecule has 0 unspecified atom stereocenters. The predicted octanol–water partition coefficient (Wildman–Crippen LogP) is 2.31. The van der Waals surface area contributed by atoms with Crippen LogP contribution in [0.3, 0.4) is 0 Å². The number of hydrogen-bond donors (Lipinski definition) is 0. The molecule has 0 amide bonds. The first-order chi connectivity index (χ1) is 6.72. The molecule has 1 fully saturated rings. The maximum absolute atomic E-state index is 2.55. The highest BCUT2D eigenvalue weighted by Crippen LogP contribution is 2.16. The van der Waals surface area contributed by atoms with Crippen molar-refractivity contribution in [2.75, 3.05) is 40.3 Å². The molecule has 0 aromatic heterocycles. The monoisotopic (exact) mass is 200 g/mol. The second kappa shape index (κ2) is 8.25. The van der Waals surface area contributed by atoms with Crippen LogP contribution >= 0.6 is 0 Å². The quantitative estimate of drug-likeness (QED) is 0.690. The van der Waals surface area contributed by atoms with E-state index in [9.17, 15) is 0 Å². The first-order valence-electron chi connectivity index (χ1n) is 6.09. The van der Waals surface area contributed by atoms with Gasteiger partial charge in [0.2, 0.25) is 0 Å². The normalized spacial score (nSPS) is 19.3. The zero-order valence-electron chi connectivity index (χ0n) is 10.7. The minimum Gasteiger partial charge on any atom is -0.309 e. The number of piperidine rings is 1. The molecule has 2 heteroatoms. The summed E-state index contributed by atoms with van der Waals surface area (Å²) in [5, 5.41) is 0. The van der Waals surface area contributed by atoms with Crippen molar-refractivity contribution < 1.29 is 0 Å². The van der Waals surface area contributed by atoms with Gasteiger partial charge >= 0.3 is 0 Å². The van der Waals surface area contributed by atoms with Crippen molar-refractivity contribution in [1.82, 2.24) is 9.80 Å². The fourth-order valence-corrected chi connectivity index (χ4v) is 2.00. The number of likely N-dealkylation sites (tertiary alicyclic amines) is 1. The Morgan fingerprint density at radius 1 is 1.14 bits per heavy atom. The summed E-state index contributed by atoms with van der Waals surface area (Å²) in [5.41, 5.74) is 0. The van der Waals surface area contributed by atoms with E-state index < -0.39 is 0 Å². The van der Waals surface area contributed by atoms with Crippen LogP contribution in [-0.2, 0) is 0 Å². The molecule has 1 rings (SSSR count). The highest BCUT2D eigenvalue weighted by molar-refractivity contribution is 4.72. The van der Waals surface area contributed by atoms with Gasteiger partial charge in [-0.1, -0.05) is 20.8 Å². The Kier molecular flexibility index (Phi) is 8.20. The Morgan fingerprint density at radius 2 is 1.64 bits per heavy atom. The van der Waals surface area contributed by atoms with E-state index in [0.29, 0.717) is 0 Å². The van der Waals surface area contributed by atoms with E-state index in [-0.39, 0.29) is 0 Å². The molecule has 0 aliphatic carbocycles. The summed E-state index contributed by atoms with van der Waals surface area (Å²) in [6.07, 6.45) is 2.79. The zero-order valence-corrected chi connectivity index (χ0v) is 10.7. The summed E-state index contributed by atoms with van der Waals surface area (Å²) in [7, 11) is 4.35. The fraction of sp³-hybridized carbons (Fsp3) is 1.00. The molecule has 86 valence electrons. The van der Waals surface area contributed by atoms with E-state index in [0.717, 1.165) is 5.92 Å². The second-order valence-corrected chi connectivity index (χ2v) is 4.14. The highest BCUT2D eigenvalue weighted by Gasteiger charge is 2.17. The van der Waals surface area contributed by atoms with Crippen molar-refractivity contribution >= 4 is 0 Å². The van der Waals surface area contributed by atoms with E-state index in [1.54, 1.807) is 0 Å². The lowest BCUT2D eigenvalue weighted by molar-refractivity contribution is 0.169. The van der Waals surface area contributed by atoms with E-state index >= 15 is 0 Å². The van der Waals surface area contributed by atoms with E-state index in [2.05, 4.69) is 30.8 Å². The number of rotatable bonds is 3. The van der Waals surface area contributed by atoms with Gasteiger partial charge in [-0.25, -0.2) is 0 Å². The van der Waals surface area contributed by atoms with Gasteiger partial charge in [0.05, 0.1) is 0 Å². The lowest BCUT2D eigenvalue weighted by Gasteiger charge is -2.32. The topological polar surface area (TPSA) is 6.48 Å². The van der Waals surface area contributed by atoms with Gasteiger partial charge in [-0.2, -0.15) is 0 Å². The summed E-state index contributed by atoms with van der Waals surface area (Å²) in [6, 6.07) is 0. The van der Waals surface area contributed by atoms with Gasteiger partial charge in [-0.3, -0.25) is 0 Å². The van der Waals surface area contributed by atoms with Crippen LogP contribution in [0, 0.1) is 5.92 Å². The first kappa shape index (κ1) is 13.9. The Morgan fingerprint density at radius 3 is 2.00 bits per heavy atom. The van der Waals surface area contributed by atoms with Gasteiger partial charge in [0.15, 0.2) is 0 Å². The summed E-state index contributed by atoms with van der Waals surface area (Å²) in [6.45, 7) is 11.4. The molecule has 0 atom stereocenters. The van der Waals surface area contributed by atoms with E-state index in [4.69, 9.17) is 0 Å². The van der Waals surface area contributed by atoms with Crippen LogP contribution in [0.2, 0.25) is 0 Å². The SMILES string of the molecule is CC.CCN1CCC(CN(C)C)CC1. The van der Waals surface area contributed by atoms with Crippen molar-refractivity contribution in [3.8, 4) is 0 Å². The first-order valence-corrected chi connectivity index (χ1v) is 6.09. The summed E-state index contributed by atoms with van der Waals surface area (Å²) in [5.74, 6) is 0.947. The Bertz CT molecular complexity index is 115. The molecule has 1 saturated heterocycles. The molecular formula is C12H28N2. The van der Waals surface area contributed by atoms with Crippen LogP contribution in [-0.4, -0.2) is 50.1 Å². The third kappa shape index (κ3) is 5.61. The summed E-state index contributed by atoms with van der Waals surface area (Å²) < 4.78 is 0. The van der Waals surface area contributed by atoms with Crippen LogP contribution in [0.25, 0.3) is 0 Å². The third-order valence-corrected chi connectivity index (χ3v) is 2.78. The third-order valence-electron chi connectivity index (χ3n) is 2.78. The van der Waals surface area contributed by atoms with Crippen molar-refractivity contribution in [1.29, 1.82) is 0 Å². The van der Waals surface area contributed by atoms with Gasteiger partial charge < -0.3 is 9.80 Å². The van der Waals surface area contributed by atoms with Gasteiger partial charge in [-0.15, -0.1) is 0 Å². The number of nitrogens with zero attached hydrogens (tertiary/aromatic N) is 2. The highest BCUT2D eigenvalue weighted by atomic mass is 15.1. The molecular weight excluding hydrogens is 172 g/mol. The van der Waals surface area contributed by atoms with E-state index in [1.807, 2.05) is 13.8 Å². The van der Waals surface area contributed by atoms with Gasteiger partial charge in [0, 0.05) is 6.54 Å². The van der Waals surface area contributed by atoms with Crippen LogP contribution < -0.4 is 0 Å². The lowest BCUT2D eigenvalue weighted by atomic mass is 9.96. The van der Waals surface area contributed by atoms with E-state index in [1.165, 1.54) is 39.0 Å². The summed E-state index contributed by atoms with van der Waals surface area (Å²) in [4.78, 5) is 4.86. The van der Waals surface area contributed by atoms with Crippen LogP contribution in [0.1, 0.15) is 33.6 Å². The molecule has 0 bridgehead atoms. The zero-order chi connectivity index (χ0) is 11.0. The van der Waals surface area contributed by atoms with Crippen molar-refractivity contribution in [3.05, 3.63) is 0 Å². The summed E-state index contributed by atoms with van der Waals surface area (Å²) >= 11 is 0. The predicted molar refractivity (Wildman–Crippen MR) is 64.7 cm³/mol. The van der Waals surface area contributed by atoms with Gasteiger partial charge in [0.25, 0.3) is 0 Å². The second-order valence-electron chi connectivity index (χ2n) is 4.14. The van der Waals surface area contributed by atoms with Crippen molar-refractivity contribution in [2.24, 2.45) is 5.92 Å². The average Bonchev–Trinajstić information content (AvgIpc) is 2.21. The van der Waals surface area contributed by atoms with Crippen molar-refractivity contribution in [2.45, 2.75) is 33.6 Å². The molecule has 1 heterocycles. The Labute approximate surface area is 90.3 Å². The van der Waals surface area contributed by atoms with Crippen molar-refractivity contribution in [3.63, 3.8) is 0 Å². The molecule has 0 aromatic carbocycles. The smallest absolute Gasteiger partial charge is 0.000451 e. The lowest BCUT2D eigenvalue weighted by Crippen LogP contribution is -2.36. The Hall–Kier alpha value is -0.0800. The molecule has 1 aliphatic heterocycles. The molecule has 2 nitrogen and oxygen atoms in total. The average molecular weight is 200 g/mol. The fourth-order valence-electron chi connectivity index (χ4n) is 2.00. The molecule has 0 aromatic rings. The maximum Gasteiger partial charge on any atom is 0.000451 e. The largest absolute Gasteiger partial charge is 0.309 e. The minimum atomic E-state index is 0.947. The Balaban J connectivity index is 0.000000791. The standard InChI is InChI=1S/C10H22N2.C2H6/c1-4-12-7-5-10(6-8-12)9-11(2)3;1-2/h10H,4-9H2,1-3H3;1-2H3. The molecule has 0 saturated carbocycles. The van der Waals surface area contributed by atoms with Gasteiger partial charge in [0.1, 0.15) is 0 Å². The minimum absolute atomic E-state index is 0.947. The molecule has 14 heavy (non-hydrogen) atoms. The van der Waals surface area contributed by atoms with Crippen LogP contribution in [0.5, 0.6) is 0 Å². The van der Waals surface area contributed by atoms with Crippen LogP contribution in [0.15, 0.2) is 0 Å². The molecule has 0 N–H and O–H groups in total. The number of hydrogen-bond acceptors (Lipinski definition) is 2. The van der Waals surface area contributed by atoms with Crippen LogP contribution in [0.4, 0.5) is 0 Å². The van der Waals surface area contributed by atoms with Gasteiger partial charge in [-0.05, 0) is 52.5 Å². The molecule has 1 aliphatic rings.